The summed E-state index contributed by atoms with van der Waals surface area (Å²) in [6.07, 6.45) is 2.28. The Morgan fingerprint density at radius 3 is 2.80 bits per heavy atom. The van der Waals surface area contributed by atoms with Crippen LogP contribution in [0.4, 0.5) is 0 Å². The van der Waals surface area contributed by atoms with Crippen LogP contribution in [0.1, 0.15) is 19.1 Å². The molecule has 2 aromatic rings. The zero-order valence-electron chi connectivity index (χ0n) is 13.4. The fraction of sp³-hybridized carbons (Fsp3) is 0.111. The number of aliphatic imine (C=N–C) groups is 1. The zero-order valence-corrected chi connectivity index (χ0v) is 14.2. The molecule has 0 spiro atoms. The number of amides is 1. The van der Waals surface area contributed by atoms with Gasteiger partial charge in [0.15, 0.2) is 5.84 Å². The molecule has 1 amide bonds. The number of benzene rings is 1. The molecule has 0 aliphatic carbocycles. The predicted molar refractivity (Wildman–Crippen MR) is 99.4 cm³/mol. The molecule has 0 radical (unpaired) electrons. The van der Waals surface area contributed by atoms with Gasteiger partial charge in [-0.3, -0.25) is 10.2 Å². The van der Waals surface area contributed by atoms with Gasteiger partial charge in [-0.25, -0.2) is 0 Å². The van der Waals surface area contributed by atoms with Crippen LogP contribution < -0.4 is 0 Å². The molecule has 0 atom stereocenters. The SMILES string of the molecule is CCC1=NN2C(=N)/C(=C/c3ccc(-c4ccccc4)o3)C(=O)N=C2S1. The van der Waals surface area contributed by atoms with E-state index in [0.717, 1.165) is 17.0 Å². The molecule has 0 bridgehead atoms. The Morgan fingerprint density at radius 1 is 1.24 bits per heavy atom. The summed E-state index contributed by atoms with van der Waals surface area (Å²) in [4.78, 5) is 16.3. The number of hydrazone groups is 1. The van der Waals surface area contributed by atoms with E-state index in [4.69, 9.17) is 9.83 Å². The van der Waals surface area contributed by atoms with Crippen LogP contribution in [-0.2, 0) is 4.79 Å². The maximum absolute atomic E-state index is 12.3. The first kappa shape index (κ1) is 15.6. The number of nitrogens with zero attached hydrogens (tertiary/aromatic N) is 3. The van der Waals surface area contributed by atoms with Crippen LogP contribution in [0.5, 0.6) is 0 Å². The number of fused-ring (bicyclic) bond motifs is 1. The minimum atomic E-state index is -0.450. The van der Waals surface area contributed by atoms with Crippen LogP contribution in [0.3, 0.4) is 0 Å². The van der Waals surface area contributed by atoms with Crippen molar-refractivity contribution in [1.29, 1.82) is 5.41 Å². The van der Waals surface area contributed by atoms with E-state index in [0.29, 0.717) is 16.7 Å². The average molecular weight is 350 g/mol. The third-order valence-corrected chi connectivity index (χ3v) is 4.82. The lowest BCUT2D eigenvalue weighted by atomic mass is 10.1. The fourth-order valence-electron chi connectivity index (χ4n) is 2.50. The van der Waals surface area contributed by atoms with Gasteiger partial charge in [-0.1, -0.05) is 37.3 Å². The first-order valence-corrected chi connectivity index (χ1v) is 8.61. The summed E-state index contributed by atoms with van der Waals surface area (Å²) in [5.74, 6) is 0.768. The number of nitrogens with one attached hydrogen (secondary N) is 1. The largest absolute Gasteiger partial charge is 0.457 e. The number of furan rings is 1. The highest BCUT2D eigenvalue weighted by Gasteiger charge is 2.35. The zero-order chi connectivity index (χ0) is 17.4. The Morgan fingerprint density at radius 2 is 2.04 bits per heavy atom. The quantitative estimate of drug-likeness (QED) is 0.849. The lowest BCUT2D eigenvalue weighted by molar-refractivity contribution is -0.114. The van der Waals surface area contributed by atoms with Crippen LogP contribution >= 0.6 is 11.8 Å². The summed E-state index contributed by atoms with van der Waals surface area (Å²) in [5, 5.41) is 15.3. The van der Waals surface area contributed by atoms with E-state index in [9.17, 15) is 4.79 Å². The lowest BCUT2D eigenvalue weighted by Gasteiger charge is -2.19. The number of thioether (sulfide) groups is 1. The smallest absolute Gasteiger partial charge is 0.283 e. The molecule has 25 heavy (non-hydrogen) atoms. The topological polar surface area (TPSA) is 82.0 Å². The number of hydrogen-bond acceptors (Lipinski definition) is 5. The van der Waals surface area contributed by atoms with Crippen molar-refractivity contribution in [2.45, 2.75) is 13.3 Å². The van der Waals surface area contributed by atoms with E-state index >= 15 is 0 Å². The first-order valence-electron chi connectivity index (χ1n) is 7.80. The first-order chi connectivity index (χ1) is 12.2. The summed E-state index contributed by atoms with van der Waals surface area (Å²) in [5.41, 5.74) is 1.12. The van der Waals surface area contributed by atoms with E-state index in [1.807, 2.05) is 43.3 Å². The van der Waals surface area contributed by atoms with Gasteiger partial charge in [0.2, 0.25) is 5.17 Å². The second-order valence-corrected chi connectivity index (χ2v) is 6.48. The molecule has 124 valence electrons. The second-order valence-electron chi connectivity index (χ2n) is 5.44. The van der Waals surface area contributed by atoms with Gasteiger partial charge < -0.3 is 4.42 Å². The van der Waals surface area contributed by atoms with Crippen LogP contribution in [-0.4, -0.2) is 27.0 Å². The molecule has 6 nitrogen and oxygen atoms in total. The molecule has 0 unspecified atom stereocenters. The van der Waals surface area contributed by atoms with Gasteiger partial charge >= 0.3 is 0 Å². The number of amidine groups is 2. The van der Waals surface area contributed by atoms with Gasteiger partial charge in [-0.15, -0.1) is 0 Å². The van der Waals surface area contributed by atoms with E-state index in [1.165, 1.54) is 16.8 Å². The molecule has 1 aromatic carbocycles. The van der Waals surface area contributed by atoms with Crippen LogP contribution in [0.25, 0.3) is 17.4 Å². The summed E-state index contributed by atoms with van der Waals surface area (Å²) in [6, 6.07) is 13.3. The Balaban J connectivity index is 1.66. The normalized spacial score (nSPS) is 18.4. The van der Waals surface area contributed by atoms with Crippen LogP contribution in [0.2, 0.25) is 0 Å². The van der Waals surface area contributed by atoms with Gasteiger partial charge in [0, 0.05) is 5.56 Å². The Labute approximate surface area is 148 Å². The monoisotopic (exact) mass is 350 g/mol. The number of rotatable bonds is 3. The maximum Gasteiger partial charge on any atom is 0.283 e. The molecular formula is C18H14N4O2S. The fourth-order valence-corrected chi connectivity index (χ4v) is 3.33. The van der Waals surface area contributed by atoms with Gasteiger partial charge in [0.1, 0.15) is 16.6 Å². The second kappa shape index (κ2) is 6.18. The van der Waals surface area contributed by atoms with Crippen LogP contribution in [0.15, 0.2) is 62.5 Å². The maximum atomic E-state index is 12.3. The minimum Gasteiger partial charge on any atom is -0.457 e. The van der Waals surface area contributed by atoms with Gasteiger partial charge in [0.25, 0.3) is 5.91 Å². The average Bonchev–Trinajstić information content (AvgIpc) is 3.26. The van der Waals surface area contributed by atoms with Crippen molar-refractivity contribution in [2.24, 2.45) is 10.1 Å². The highest BCUT2D eigenvalue weighted by molar-refractivity contribution is 8.26. The molecule has 2 aliphatic rings. The third-order valence-electron chi connectivity index (χ3n) is 3.77. The predicted octanol–water partition coefficient (Wildman–Crippen LogP) is 3.98. The number of carbonyl (C=O) groups excluding carboxylic acids is 1. The van der Waals surface area contributed by atoms with E-state index in [1.54, 1.807) is 12.1 Å². The van der Waals surface area contributed by atoms with Crippen molar-refractivity contribution in [3.63, 3.8) is 0 Å². The molecule has 3 heterocycles. The number of hydrogen-bond donors (Lipinski definition) is 1. The highest BCUT2D eigenvalue weighted by atomic mass is 32.2. The minimum absolute atomic E-state index is 0.0172. The molecule has 7 heteroatoms. The van der Waals surface area contributed by atoms with Crippen molar-refractivity contribution in [3.8, 4) is 11.3 Å². The molecule has 1 aromatic heterocycles. The van der Waals surface area contributed by atoms with E-state index in [-0.39, 0.29) is 11.4 Å². The third kappa shape index (κ3) is 2.83. The molecular weight excluding hydrogens is 336 g/mol. The summed E-state index contributed by atoms with van der Waals surface area (Å²) in [7, 11) is 0. The van der Waals surface area contributed by atoms with Crippen LogP contribution in [0, 0.1) is 5.41 Å². The Hall–Kier alpha value is -2.93. The van der Waals surface area contributed by atoms with Crippen molar-refractivity contribution in [1.82, 2.24) is 5.01 Å². The van der Waals surface area contributed by atoms with Crippen molar-refractivity contribution in [3.05, 3.63) is 53.8 Å². The summed E-state index contributed by atoms with van der Waals surface area (Å²) < 4.78 is 5.79. The van der Waals surface area contributed by atoms with Gasteiger partial charge in [0.05, 0.1) is 5.57 Å². The number of carbonyl (C=O) groups is 1. The van der Waals surface area contributed by atoms with Crippen molar-refractivity contribution in [2.75, 3.05) is 0 Å². The standard InChI is InChI=1S/C18H14N4O2S/c1-2-15-21-22-16(19)13(17(23)20-18(22)25-15)10-12-8-9-14(24-12)11-6-4-3-5-7-11/h3-10,19H,2H2,1H3/b13-10-,19-16?. The molecule has 0 saturated heterocycles. The molecule has 0 saturated carbocycles. The van der Waals surface area contributed by atoms with Gasteiger partial charge in [-0.05, 0) is 36.4 Å². The molecule has 1 N–H and O–H groups in total. The lowest BCUT2D eigenvalue weighted by Crippen LogP contribution is -2.35. The molecule has 2 aliphatic heterocycles. The Kier molecular flexibility index (Phi) is 3.85. The van der Waals surface area contributed by atoms with E-state index in [2.05, 4.69) is 10.1 Å². The van der Waals surface area contributed by atoms with Crippen molar-refractivity contribution < 1.29 is 9.21 Å². The summed E-state index contributed by atoms with van der Waals surface area (Å²) >= 11 is 1.33. The molecule has 4 rings (SSSR count). The summed E-state index contributed by atoms with van der Waals surface area (Å²) in [6.45, 7) is 1.97. The Bertz CT molecular complexity index is 956. The van der Waals surface area contributed by atoms with E-state index < -0.39 is 5.91 Å². The highest BCUT2D eigenvalue weighted by Crippen LogP contribution is 2.30. The van der Waals surface area contributed by atoms with Crippen molar-refractivity contribution >= 4 is 39.8 Å². The molecule has 0 fully saturated rings. The van der Waals surface area contributed by atoms with Gasteiger partial charge in [-0.2, -0.15) is 15.1 Å².